The standard InChI is InChI=1S/C16H23NO4S/c1-13-5-7-14(8-6-13)22(20,21)17-12-16(11-15(18)19)9-3-2-4-10-16/h5-8,17H,2-4,9-12H2,1H3,(H,18,19). The van der Waals surface area contributed by atoms with Gasteiger partial charge in [-0.05, 0) is 37.3 Å². The molecule has 22 heavy (non-hydrogen) atoms. The fourth-order valence-corrected chi connectivity index (χ4v) is 4.24. The molecule has 0 saturated heterocycles. The molecule has 0 bridgehead atoms. The third-order valence-corrected chi connectivity index (χ3v) is 5.83. The average Bonchev–Trinajstić information content (AvgIpc) is 2.46. The predicted molar refractivity (Wildman–Crippen MR) is 84.1 cm³/mol. The van der Waals surface area contributed by atoms with Crippen LogP contribution in [0.4, 0.5) is 0 Å². The van der Waals surface area contributed by atoms with Gasteiger partial charge in [0.15, 0.2) is 0 Å². The Balaban J connectivity index is 2.10. The van der Waals surface area contributed by atoms with Crippen molar-refractivity contribution < 1.29 is 18.3 Å². The van der Waals surface area contributed by atoms with Gasteiger partial charge < -0.3 is 5.11 Å². The Labute approximate surface area is 131 Å². The first-order valence-corrected chi connectivity index (χ1v) is 9.10. The number of carboxylic acid groups (broad SMARTS) is 1. The Morgan fingerprint density at radius 2 is 1.77 bits per heavy atom. The van der Waals surface area contributed by atoms with E-state index >= 15 is 0 Å². The number of carboxylic acids is 1. The van der Waals surface area contributed by atoms with Gasteiger partial charge >= 0.3 is 5.97 Å². The van der Waals surface area contributed by atoms with E-state index in [2.05, 4.69) is 4.72 Å². The number of rotatable bonds is 6. The maximum atomic E-state index is 12.4. The highest BCUT2D eigenvalue weighted by molar-refractivity contribution is 7.89. The smallest absolute Gasteiger partial charge is 0.303 e. The van der Waals surface area contributed by atoms with Gasteiger partial charge in [0, 0.05) is 6.54 Å². The number of hydrogen-bond donors (Lipinski definition) is 2. The van der Waals surface area contributed by atoms with Crippen molar-refractivity contribution >= 4 is 16.0 Å². The summed E-state index contributed by atoms with van der Waals surface area (Å²) < 4.78 is 27.3. The molecule has 1 fully saturated rings. The van der Waals surface area contributed by atoms with Gasteiger partial charge in [-0.15, -0.1) is 0 Å². The number of aryl methyl sites for hydroxylation is 1. The summed E-state index contributed by atoms with van der Waals surface area (Å²) in [5, 5.41) is 9.13. The average molecular weight is 325 g/mol. The Kier molecular flexibility index (Phi) is 5.24. The van der Waals surface area contributed by atoms with Crippen LogP contribution >= 0.6 is 0 Å². The van der Waals surface area contributed by atoms with Gasteiger partial charge in [0.05, 0.1) is 11.3 Å². The summed E-state index contributed by atoms with van der Waals surface area (Å²) in [5.74, 6) is -0.864. The molecule has 1 aliphatic carbocycles. The van der Waals surface area contributed by atoms with Crippen molar-refractivity contribution in [3.05, 3.63) is 29.8 Å². The number of hydrogen-bond acceptors (Lipinski definition) is 3. The molecule has 2 N–H and O–H groups in total. The SMILES string of the molecule is Cc1ccc(S(=O)(=O)NCC2(CC(=O)O)CCCCC2)cc1. The van der Waals surface area contributed by atoms with E-state index in [1.54, 1.807) is 24.3 Å². The summed E-state index contributed by atoms with van der Waals surface area (Å²) in [7, 11) is -3.59. The lowest BCUT2D eigenvalue weighted by Gasteiger charge is -2.36. The van der Waals surface area contributed by atoms with Crippen molar-refractivity contribution in [1.29, 1.82) is 0 Å². The fraction of sp³-hybridized carbons (Fsp3) is 0.562. The molecule has 0 aromatic heterocycles. The third kappa shape index (κ3) is 4.30. The van der Waals surface area contributed by atoms with Crippen molar-refractivity contribution in [2.24, 2.45) is 5.41 Å². The zero-order valence-electron chi connectivity index (χ0n) is 12.8. The van der Waals surface area contributed by atoms with E-state index in [0.717, 1.165) is 37.7 Å². The van der Waals surface area contributed by atoms with Crippen molar-refractivity contribution in [2.45, 2.75) is 50.3 Å². The molecule has 0 spiro atoms. The molecule has 1 aliphatic rings. The first-order chi connectivity index (χ1) is 10.3. The minimum Gasteiger partial charge on any atom is -0.481 e. The van der Waals surface area contributed by atoms with Crippen molar-refractivity contribution in [2.75, 3.05) is 6.54 Å². The molecule has 1 saturated carbocycles. The number of sulfonamides is 1. The number of aliphatic carboxylic acids is 1. The molecule has 0 radical (unpaired) electrons. The summed E-state index contributed by atoms with van der Waals surface area (Å²) in [5.41, 5.74) is 0.538. The quantitative estimate of drug-likeness (QED) is 0.842. The minimum absolute atomic E-state index is 0.0173. The Bertz CT molecular complexity index is 616. The lowest BCUT2D eigenvalue weighted by Crippen LogP contribution is -2.40. The fourth-order valence-electron chi connectivity index (χ4n) is 3.09. The summed E-state index contributed by atoms with van der Waals surface area (Å²) in [4.78, 5) is 11.3. The molecule has 0 unspecified atom stereocenters. The molecule has 5 nitrogen and oxygen atoms in total. The van der Waals surface area contributed by atoms with Crippen LogP contribution in [0.15, 0.2) is 29.2 Å². The van der Waals surface area contributed by atoms with E-state index in [-0.39, 0.29) is 17.9 Å². The van der Waals surface area contributed by atoms with Gasteiger partial charge in [0.2, 0.25) is 10.0 Å². The first-order valence-electron chi connectivity index (χ1n) is 7.61. The van der Waals surface area contributed by atoms with Gasteiger partial charge in [0.25, 0.3) is 0 Å². The topological polar surface area (TPSA) is 83.5 Å². The maximum Gasteiger partial charge on any atom is 0.303 e. The Morgan fingerprint density at radius 1 is 1.18 bits per heavy atom. The van der Waals surface area contributed by atoms with Crippen LogP contribution in [-0.2, 0) is 14.8 Å². The van der Waals surface area contributed by atoms with Crippen LogP contribution < -0.4 is 4.72 Å². The summed E-state index contributed by atoms with van der Waals surface area (Å²) >= 11 is 0. The van der Waals surface area contributed by atoms with Crippen LogP contribution in [0.25, 0.3) is 0 Å². The van der Waals surface area contributed by atoms with E-state index in [1.807, 2.05) is 6.92 Å². The second-order valence-corrected chi connectivity index (χ2v) is 8.04. The highest BCUT2D eigenvalue weighted by atomic mass is 32.2. The van der Waals surface area contributed by atoms with Crippen molar-refractivity contribution in [3.63, 3.8) is 0 Å². The lowest BCUT2D eigenvalue weighted by atomic mass is 9.72. The molecule has 6 heteroatoms. The van der Waals surface area contributed by atoms with Crippen molar-refractivity contribution in [3.8, 4) is 0 Å². The van der Waals surface area contributed by atoms with Crippen molar-refractivity contribution in [1.82, 2.24) is 4.72 Å². The van der Waals surface area contributed by atoms with Crippen LogP contribution in [0.1, 0.15) is 44.1 Å². The monoisotopic (exact) mass is 325 g/mol. The predicted octanol–water partition coefficient (Wildman–Crippen LogP) is 2.70. The van der Waals surface area contributed by atoms with E-state index in [9.17, 15) is 13.2 Å². The normalized spacial score (nSPS) is 18.0. The summed E-state index contributed by atoms with van der Waals surface area (Å²) in [6.45, 7) is 2.09. The largest absolute Gasteiger partial charge is 0.481 e. The van der Waals surface area contributed by atoms with Crippen LogP contribution in [0.5, 0.6) is 0 Å². The highest BCUT2D eigenvalue weighted by Crippen LogP contribution is 2.39. The zero-order valence-corrected chi connectivity index (χ0v) is 13.7. The molecular weight excluding hydrogens is 302 g/mol. The molecule has 1 aromatic rings. The van der Waals surface area contributed by atoms with Gasteiger partial charge in [-0.3, -0.25) is 4.79 Å². The van der Waals surface area contributed by atoms with Crippen LogP contribution in [-0.4, -0.2) is 26.0 Å². The molecule has 2 rings (SSSR count). The van der Waals surface area contributed by atoms with Crippen LogP contribution in [0.2, 0.25) is 0 Å². The van der Waals surface area contributed by atoms with Gasteiger partial charge in [-0.25, -0.2) is 13.1 Å². The zero-order chi connectivity index (χ0) is 16.2. The number of carbonyl (C=O) groups is 1. The third-order valence-electron chi connectivity index (χ3n) is 4.41. The summed E-state index contributed by atoms with van der Waals surface area (Å²) in [6, 6.07) is 6.65. The molecule has 0 atom stereocenters. The molecule has 0 heterocycles. The van der Waals surface area contributed by atoms with E-state index in [0.29, 0.717) is 0 Å². The molecular formula is C16H23NO4S. The molecule has 122 valence electrons. The lowest BCUT2D eigenvalue weighted by molar-refractivity contribution is -0.140. The minimum atomic E-state index is -3.59. The Morgan fingerprint density at radius 3 is 2.32 bits per heavy atom. The number of benzene rings is 1. The van der Waals surface area contributed by atoms with E-state index in [4.69, 9.17) is 5.11 Å². The number of nitrogens with one attached hydrogen (secondary N) is 1. The van der Waals surface area contributed by atoms with Gasteiger partial charge in [0.1, 0.15) is 0 Å². The Hall–Kier alpha value is -1.40. The molecule has 0 aliphatic heterocycles. The second-order valence-electron chi connectivity index (χ2n) is 6.27. The highest BCUT2D eigenvalue weighted by Gasteiger charge is 2.35. The molecule has 0 amide bonds. The van der Waals surface area contributed by atoms with Gasteiger partial charge in [-0.2, -0.15) is 0 Å². The molecule has 1 aromatic carbocycles. The second kappa shape index (κ2) is 6.79. The van der Waals surface area contributed by atoms with Crippen LogP contribution in [0.3, 0.4) is 0 Å². The van der Waals surface area contributed by atoms with E-state index in [1.165, 1.54) is 0 Å². The van der Waals surface area contributed by atoms with E-state index < -0.39 is 21.4 Å². The van der Waals surface area contributed by atoms with Crippen LogP contribution in [0, 0.1) is 12.3 Å². The maximum absolute atomic E-state index is 12.4. The van der Waals surface area contributed by atoms with Gasteiger partial charge in [-0.1, -0.05) is 37.0 Å². The summed E-state index contributed by atoms with van der Waals surface area (Å²) in [6.07, 6.45) is 4.54. The first kappa shape index (κ1) is 17.0.